The molecule has 0 fully saturated rings. The second kappa shape index (κ2) is 13.2. The van der Waals surface area contributed by atoms with Crippen molar-refractivity contribution in [2.24, 2.45) is 0 Å². The predicted molar refractivity (Wildman–Crippen MR) is 145 cm³/mol. The average molecular weight is 583 g/mol. The minimum Gasteiger partial charge on any atom is -0.493 e. The van der Waals surface area contributed by atoms with E-state index in [1.807, 2.05) is 5.32 Å². The molecule has 4 aromatic rings. The summed E-state index contributed by atoms with van der Waals surface area (Å²) in [5.74, 6) is -1.37. The third-order valence-electron chi connectivity index (χ3n) is 6.22. The number of rotatable bonds is 12. The third-order valence-corrected chi connectivity index (χ3v) is 6.22. The maximum atomic E-state index is 13.7. The number of ether oxygens (including phenoxy) is 1. The number of benzene rings is 3. The van der Waals surface area contributed by atoms with E-state index in [1.54, 1.807) is 49.4 Å². The van der Waals surface area contributed by atoms with Crippen molar-refractivity contribution in [2.45, 2.75) is 32.0 Å². The van der Waals surface area contributed by atoms with E-state index in [-0.39, 0.29) is 24.4 Å². The van der Waals surface area contributed by atoms with E-state index < -0.39 is 29.7 Å². The lowest BCUT2D eigenvalue weighted by Crippen LogP contribution is -2.42. The van der Waals surface area contributed by atoms with Gasteiger partial charge in [0.2, 0.25) is 5.89 Å². The Labute approximate surface area is 238 Å². The molecule has 0 spiro atoms. The van der Waals surface area contributed by atoms with E-state index in [0.29, 0.717) is 46.7 Å². The Hall–Kier alpha value is -4.93. The van der Waals surface area contributed by atoms with Crippen LogP contribution < -0.4 is 10.1 Å². The molecule has 0 aliphatic rings. The van der Waals surface area contributed by atoms with Crippen molar-refractivity contribution in [3.05, 3.63) is 119 Å². The smallest absolute Gasteiger partial charge is 0.431 e. The van der Waals surface area contributed by atoms with Crippen molar-refractivity contribution in [1.29, 1.82) is 0 Å². The van der Waals surface area contributed by atoms with Gasteiger partial charge in [-0.1, -0.05) is 42.5 Å². The number of hydrogen-bond donors (Lipinski definition) is 2. The minimum absolute atomic E-state index is 0.0375. The first-order valence-corrected chi connectivity index (χ1v) is 12.8. The zero-order valence-electron chi connectivity index (χ0n) is 22.3. The number of halogens is 4. The number of nitrogens with zero attached hydrogens (tertiary/aromatic N) is 1. The average Bonchev–Trinajstić information content (AvgIpc) is 3.33. The number of carbonyl (C=O) groups excluding carboxylic acids is 1. The zero-order valence-corrected chi connectivity index (χ0v) is 22.3. The van der Waals surface area contributed by atoms with Crippen molar-refractivity contribution in [1.82, 2.24) is 10.3 Å². The van der Waals surface area contributed by atoms with Crippen LogP contribution in [-0.4, -0.2) is 40.7 Å². The Bertz CT molecular complexity index is 1550. The molecular weight excluding hydrogens is 556 g/mol. The van der Waals surface area contributed by atoms with Crippen LogP contribution in [-0.2, 0) is 17.6 Å². The van der Waals surface area contributed by atoms with Crippen LogP contribution in [0.3, 0.4) is 0 Å². The molecule has 1 atom stereocenters. The number of hydrogen-bond acceptors (Lipinski definition) is 6. The summed E-state index contributed by atoms with van der Waals surface area (Å²) in [6.07, 6.45) is -4.48. The number of oxazole rings is 1. The highest BCUT2D eigenvalue weighted by Gasteiger charge is 2.37. The number of carboxylic acids is 1. The van der Waals surface area contributed by atoms with Gasteiger partial charge in [0.25, 0.3) is 0 Å². The first-order valence-electron chi connectivity index (χ1n) is 12.8. The molecule has 0 amide bonds. The molecule has 0 aliphatic heterocycles. The van der Waals surface area contributed by atoms with Crippen molar-refractivity contribution >= 4 is 11.8 Å². The van der Waals surface area contributed by atoms with Crippen molar-refractivity contribution < 1.29 is 41.4 Å². The van der Waals surface area contributed by atoms with E-state index in [0.717, 1.165) is 0 Å². The summed E-state index contributed by atoms with van der Waals surface area (Å²) in [7, 11) is 0. The van der Waals surface area contributed by atoms with Crippen molar-refractivity contribution in [2.75, 3.05) is 6.61 Å². The lowest BCUT2D eigenvalue weighted by Gasteiger charge is -2.20. The van der Waals surface area contributed by atoms with Crippen LogP contribution in [0.2, 0.25) is 0 Å². The molecule has 218 valence electrons. The number of nitrogens with one attached hydrogen (secondary N) is 1. The molecule has 7 nitrogen and oxygen atoms in total. The fourth-order valence-corrected chi connectivity index (χ4v) is 4.01. The van der Waals surface area contributed by atoms with Gasteiger partial charge >= 0.3 is 12.1 Å². The largest absolute Gasteiger partial charge is 0.493 e. The fourth-order valence-electron chi connectivity index (χ4n) is 4.01. The Morgan fingerprint density at radius 2 is 1.69 bits per heavy atom. The molecule has 0 radical (unpaired) electrons. The van der Waals surface area contributed by atoms with Crippen LogP contribution in [0.4, 0.5) is 17.6 Å². The molecule has 3 aromatic carbocycles. The summed E-state index contributed by atoms with van der Waals surface area (Å²) >= 11 is 0. The Kier molecular flexibility index (Phi) is 9.41. The van der Waals surface area contributed by atoms with Gasteiger partial charge in [-0.3, -0.25) is 4.79 Å². The lowest BCUT2D eigenvalue weighted by molar-refractivity contribution is -0.140. The van der Waals surface area contributed by atoms with Gasteiger partial charge in [0, 0.05) is 30.0 Å². The standard InChI is InChI=1S/C31H26F4N2O5/c1-19-25(37-29(42-19)22-9-11-23(32)12-10-22)15-16-41-24-13-7-20(8-14-24)17-26(30(39)40)36-28(31(33,34)35)18-27(38)21-5-3-2-4-6-21/h2-14,18,26,36H,15-17H2,1H3,(H,39,40)/b28-18-/t26-/m0/s1. The van der Waals surface area contributed by atoms with E-state index >= 15 is 0 Å². The molecular formula is C31H26F4N2O5. The van der Waals surface area contributed by atoms with Gasteiger partial charge in [0.05, 0.1) is 12.3 Å². The molecule has 0 unspecified atom stereocenters. The summed E-state index contributed by atoms with van der Waals surface area (Å²) in [5.41, 5.74) is 0.331. The number of carboxylic acid groups (broad SMARTS) is 1. The second-order valence-electron chi connectivity index (χ2n) is 9.30. The summed E-state index contributed by atoms with van der Waals surface area (Å²) in [5, 5.41) is 11.6. The van der Waals surface area contributed by atoms with Gasteiger partial charge < -0.3 is 19.6 Å². The van der Waals surface area contributed by atoms with Crippen molar-refractivity contribution in [3.8, 4) is 17.2 Å². The molecule has 1 heterocycles. The number of alkyl halides is 3. The first-order chi connectivity index (χ1) is 20.0. The molecule has 4 rings (SSSR count). The molecule has 0 saturated heterocycles. The van der Waals surface area contributed by atoms with Gasteiger partial charge in [-0.15, -0.1) is 0 Å². The molecule has 1 aromatic heterocycles. The predicted octanol–water partition coefficient (Wildman–Crippen LogP) is 6.33. The Morgan fingerprint density at radius 3 is 2.31 bits per heavy atom. The van der Waals surface area contributed by atoms with Crippen LogP contribution >= 0.6 is 0 Å². The molecule has 0 bridgehead atoms. The number of aliphatic carboxylic acids is 1. The van der Waals surface area contributed by atoms with Crippen LogP contribution in [0.25, 0.3) is 11.5 Å². The molecule has 0 saturated carbocycles. The Balaban J connectivity index is 1.36. The maximum Gasteiger partial charge on any atom is 0.431 e. The third kappa shape index (κ3) is 8.06. The zero-order chi connectivity index (χ0) is 30.3. The van der Waals surface area contributed by atoms with Gasteiger partial charge in [0.15, 0.2) is 5.78 Å². The Morgan fingerprint density at radius 1 is 1.02 bits per heavy atom. The van der Waals surface area contributed by atoms with Gasteiger partial charge in [0.1, 0.15) is 29.1 Å². The maximum absolute atomic E-state index is 13.7. The minimum atomic E-state index is -4.97. The quantitative estimate of drug-likeness (QED) is 0.114. The topological polar surface area (TPSA) is 102 Å². The first kappa shape index (κ1) is 30.0. The monoisotopic (exact) mass is 582 g/mol. The van der Waals surface area contributed by atoms with Crippen LogP contribution in [0, 0.1) is 12.7 Å². The number of aromatic nitrogens is 1. The fraction of sp³-hybridized carbons (Fsp3) is 0.194. The lowest BCUT2D eigenvalue weighted by atomic mass is 10.0. The van der Waals surface area contributed by atoms with E-state index in [1.165, 1.54) is 36.4 Å². The van der Waals surface area contributed by atoms with E-state index in [2.05, 4.69) is 4.98 Å². The van der Waals surface area contributed by atoms with E-state index in [4.69, 9.17) is 9.15 Å². The number of aryl methyl sites for hydroxylation is 1. The van der Waals surface area contributed by atoms with Gasteiger partial charge in [-0.25, -0.2) is 14.2 Å². The number of carbonyl (C=O) groups is 2. The summed E-state index contributed by atoms with van der Waals surface area (Å²) in [4.78, 5) is 28.6. The molecule has 11 heteroatoms. The second-order valence-corrected chi connectivity index (χ2v) is 9.30. The van der Waals surface area contributed by atoms with Crippen LogP contribution in [0.1, 0.15) is 27.4 Å². The molecule has 0 aliphatic carbocycles. The van der Waals surface area contributed by atoms with Gasteiger partial charge in [-0.2, -0.15) is 13.2 Å². The summed E-state index contributed by atoms with van der Waals surface area (Å²) in [6.45, 7) is 2.00. The van der Waals surface area contributed by atoms with Gasteiger partial charge in [-0.05, 0) is 48.9 Å². The molecule has 42 heavy (non-hydrogen) atoms. The number of ketones is 1. The highest BCUT2D eigenvalue weighted by atomic mass is 19.4. The highest BCUT2D eigenvalue weighted by molar-refractivity contribution is 6.05. The molecule has 2 N–H and O–H groups in total. The normalized spacial score (nSPS) is 12.5. The van der Waals surface area contributed by atoms with Crippen LogP contribution in [0.15, 0.2) is 95.1 Å². The van der Waals surface area contributed by atoms with Crippen LogP contribution in [0.5, 0.6) is 5.75 Å². The number of allylic oxidation sites excluding steroid dienone is 2. The van der Waals surface area contributed by atoms with Crippen molar-refractivity contribution in [3.63, 3.8) is 0 Å². The highest BCUT2D eigenvalue weighted by Crippen LogP contribution is 2.26. The SMILES string of the molecule is Cc1oc(-c2ccc(F)cc2)nc1CCOc1ccc(C[C@H](N/C(=C\C(=O)c2ccccc2)C(F)(F)F)C(=O)O)cc1. The summed E-state index contributed by atoms with van der Waals surface area (Å²) in [6, 6.07) is 17.7. The van der Waals surface area contributed by atoms with E-state index in [9.17, 15) is 32.3 Å². The summed E-state index contributed by atoms with van der Waals surface area (Å²) < 4.78 is 65.6.